The van der Waals surface area contributed by atoms with Gasteiger partial charge in [-0.05, 0) is 49.7 Å². The van der Waals surface area contributed by atoms with Gasteiger partial charge in [0.2, 0.25) is 0 Å². The molecule has 2 aromatic carbocycles. The number of fused-ring (bicyclic) bond motifs is 1. The van der Waals surface area contributed by atoms with Crippen molar-refractivity contribution in [3.8, 4) is 11.5 Å². The normalized spacial score (nSPS) is 11.3. The van der Waals surface area contributed by atoms with Gasteiger partial charge < -0.3 is 14.5 Å². The zero-order valence-corrected chi connectivity index (χ0v) is 16.7. The third-order valence-corrected chi connectivity index (χ3v) is 4.53. The Morgan fingerprint density at radius 2 is 2.11 bits per heavy atom. The molecule has 0 saturated heterocycles. The Kier molecular flexibility index (Phi) is 6.54. The fourth-order valence-electron chi connectivity index (χ4n) is 2.46. The molecule has 1 aromatic heterocycles. The molecule has 0 aliphatic heterocycles. The lowest BCUT2D eigenvalue weighted by molar-refractivity contribution is -0.118. The van der Waals surface area contributed by atoms with Crippen molar-refractivity contribution in [2.24, 2.45) is 5.10 Å². The number of rotatable bonds is 8. The van der Waals surface area contributed by atoms with Gasteiger partial charge in [0.05, 0.1) is 36.2 Å². The van der Waals surface area contributed by atoms with Crippen LogP contribution in [0.1, 0.15) is 19.4 Å². The van der Waals surface area contributed by atoms with E-state index in [1.807, 2.05) is 50.2 Å². The monoisotopic (exact) mass is 398 g/mol. The summed E-state index contributed by atoms with van der Waals surface area (Å²) < 4.78 is 11.0. The van der Waals surface area contributed by atoms with Gasteiger partial charge in [-0.3, -0.25) is 4.79 Å². The molecule has 0 aliphatic carbocycles. The molecule has 0 radical (unpaired) electrons. The van der Waals surface area contributed by atoms with Crippen molar-refractivity contribution in [1.29, 1.82) is 0 Å². The molecule has 28 heavy (non-hydrogen) atoms. The van der Waals surface area contributed by atoms with Crippen LogP contribution in [0.15, 0.2) is 52.7 Å². The summed E-state index contributed by atoms with van der Waals surface area (Å²) in [5.74, 6) is 1.28. The molecule has 0 aliphatic rings. The number of methoxy groups -OCH3 is 1. The molecule has 0 unspecified atom stereocenters. The van der Waals surface area contributed by atoms with Crippen molar-refractivity contribution in [1.82, 2.24) is 15.4 Å². The van der Waals surface area contributed by atoms with Crippen LogP contribution in [0.5, 0.6) is 11.5 Å². The number of aromatic amines is 1. The van der Waals surface area contributed by atoms with E-state index in [1.54, 1.807) is 19.4 Å². The number of ether oxygens (including phenoxy) is 2. The minimum Gasteiger partial charge on any atom is -0.493 e. The predicted octanol–water partition coefficient (Wildman–Crippen LogP) is 3.60. The van der Waals surface area contributed by atoms with Crippen molar-refractivity contribution >= 4 is 34.9 Å². The number of hydrogen-bond acceptors (Lipinski definition) is 6. The molecule has 0 spiro atoms. The summed E-state index contributed by atoms with van der Waals surface area (Å²) in [6, 6.07) is 13.2. The first-order valence-electron chi connectivity index (χ1n) is 8.79. The Morgan fingerprint density at radius 3 is 2.86 bits per heavy atom. The number of amides is 1. The van der Waals surface area contributed by atoms with Crippen LogP contribution in [0.3, 0.4) is 0 Å². The number of aromatic nitrogens is 2. The third kappa shape index (κ3) is 5.26. The van der Waals surface area contributed by atoms with Crippen molar-refractivity contribution in [3.05, 3.63) is 48.0 Å². The zero-order valence-electron chi connectivity index (χ0n) is 15.9. The highest BCUT2D eigenvalue weighted by atomic mass is 32.2. The second-order valence-electron chi connectivity index (χ2n) is 6.22. The number of thioether (sulfide) groups is 1. The molecular formula is C20H22N4O3S. The number of hydrazone groups is 1. The molecular weight excluding hydrogens is 376 g/mol. The molecule has 0 bridgehead atoms. The molecule has 1 heterocycles. The minimum absolute atomic E-state index is 0.0527. The standard InChI is InChI=1S/C20H22N4O3S/c1-13(2)27-17-9-8-14(10-18(17)26-3)11-21-24-19(25)12-28-20-22-15-6-4-5-7-16(15)23-20/h4-11,13H,12H2,1-3H3,(H,22,23)(H,24,25)/b21-11+. The molecule has 0 atom stereocenters. The van der Waals surface area contributed by atoms with Gasteiger partial charge in [-0.15, -0.1) is 0 Å². The summed E-state index contributed by atoms with van der Waals surface area (Å²) in [4.78, 5) is 19.6. The summed E-state index contributed by atoms with van der Waals surface area (Å²) in [5.41, 5.74) is 5.13. The minimum atomic E-state index is -0.214. The second-order valence-corrected chi connectivity index (χ2v) is 7.18. The first-order valence-corrected chi connectivity index (χ1v) is 9.78. The lowest BCUT2D eigenvalue weighted by Gasteiger charge is -2.13. The quantitative estimate of drug-likeness (QED) is 0.344. The van der Waals surface area contributed by atoms with E-state index >= 15 is 0 Å². The highest BCUT2D eigenvalue weighted by Crippen LogP contribution is 2.28. The van der Waals surface area contributed by atoms with E-state index in [0.29, 0.717) is 16.7 Å². The fraction of sp³-hybridized carbons (Fsp3) is 0.250. The zero-order chi connectivity index (χ0) is 19.9. The molecule has 3 aromatic rings. The van der Waals surface area contributed by atoms with Gasteiger partial charge >= 0.3 is 0 Å². The largest absolute Gasteiger partial charge is 0.493 e. The molecule has 0 saturated carbocycles. The third-order valence-electron chi connectivity index (χ3n) is 3.66. The van der Waals surface area contributed by atoms with Crippen LogP contribution < -0.4 is 14.9 Å². The topological polar surface area (TPSA) is 88.6 Å². The van der Waals surface area contributed by atoms with Crippen LogP contribution >= 0.6 is 11.8 Å². The maximum absolute atomic E-state index is 12.0. The van der Waals surface area contributed by atoms with Crippen LogP contribution in [0.4, 0.5) is 0 Å². The van der Waals surface area contributed by atoms with E-state index in [-0.39, 0.29) is 17.8 Å². The van der Waals surface area contributed by atoms with Crippen molar-refractivity contribution in [3.63, 3.8) is 0 Å². The number of H-pyrrole nitrogens is 1. The number of benzene rings is 2. The first-order chi connectivity index (χ1) is 13.5. The second kappa shape index (κ2) is 9.27. The SMILES string of the molecule is COc1cc(/C=N/NC(=O)CSc2nc3ccccc3[nH]2)ccc1OC(C)C. The highest BCUT2D eigenvalue weighted by Gasteiger charge is 2.08. The highest BCUT2D eigenvalue weighted by molar-refractivity contribution is 7.99. The number of imidazole rings is 1. The Hall–Kier alpha value is -3.00. The lowest BCUT2D eigenvalue weighted by Crippen LogP contribution is -2.19. The lowest BCUT2D eigenvalue weighted by atomic mass is 10.2. The summed E-state index contributed by atoms with van der Waals surface area (Å²) in [5, 5.41) is 4.70. The van der Waals surface area contributed by atoms with Gasteiger partial charge in [0.1, 0.15) is 0 Å². The molecule has 0 fully saturated rings. The number of carbonyl (C=O) groups excluding carboxylic acids is 1. The summed E-state index contributed by atoms with van der Waals surface area (Å²) in [6.07, 6.45) is 1.61. The first kappa shape index (κ1) is 19.8. The Balaban J connectivity index is 1.52. The van der Waals surface area contributed by atoms with Crippen LogP contribution in [-0.2, 0) is 4.79 Å². The molecule has 146 valence electrons. The molecule has 3 rings (SSSR count). The van der Waals surface area contributed by atoms with Crippen molar-refractivity contribution in [2.45, 2.75) is 25.1 Å². The molecule has 7 nitrogen and oxygen atoms in total. The number of carbonyl (C=O) groups is 1. The van der Waals surface area contributed by atoms with Gasteiger partial charge in [-0.1, -0.05) is 23.9 Å². The van der Waals surface area contributed by atoms with Crippen LogP contribution in [0, 0.1) is 0 Å². The van der Waals surface area contributed by atoms with Gasteiger partial charge in [-0.25, -0.2) is 10.4 Å². The van der Waals surface area contributed by atoms with Gasteiger partial charge in [0.15, 0.2) is 16.7 Å². The van der Waals surface area contributed by atoms with E-state index in [9.17, 15) is 4.79 Å². The Bertz CT molecular complexity index is 951. The molecule has 2 N–H and O–H groups in total. The van der Waals surface area contributed by atoms with E-state index in [1.165, 1.54) is 11.8 Å². The van der Waals surface area contributed by atoms with Crippen LogP contribution in [0.25, 0.3) is 11.0 Å². The fourth-order valence-corrected chi connectivity index (χ4v) is 3.14. The van der Waals surface area contributed by atoms with E-state index in [0.717, 1.165) is 16.6 Å². The number of para-hydroxylation sites is 2. The summed E-state index contributed by atoms with van der Waals surface area (Å²) in [6.45, 7) is 3.90. The number of hydrogen-bond donors (Lipinski definition) is 2. The van der Waals surface area contributed by atoms with Crippen molar-refractivity contribution < 1.29 is 14.3 Å². The van der Waals surface area contributed by atoms with E-state index in [4.69, 9.17) is 9.47 Å². The predicted molar refractivity (Wildman–Crippen MR) is 111 cm³/mol. The van der Waals surface area contributed by atoms with E-state index < -0.39 is 0 Å². The van der Waals surface area contributed by atoms with E-state index in [2.05, 4.69) is 20.5 Å². The Labute approximate surface area is 167 Å². The molecule has 1 amide bonds. The maximum Gasteiger partial charge on any atom is 0.250 e. The average Bonchev–Trinajstić information content (AvgIpc) is 3.10. The van der Waals surface area contributed by atoms with Crippen LogP contribution in [0.2, 0.25) is 0 Å². The smallest absolute Gasteiger partial charge is 0.250 e. The average molecular weight is 398 g/mol. The van der Waals surface area contributed by atoms with Gasteiger partial charge in [-0.2, -0.15) is 5.10 Å². The maximum atomic E-state index is 12.0. The Morgan fingerprint density at radius 1 is 1.29 bits per heavy atom. The summed E-state index contributed by atoms with van der Waals surface area (Å²) >= 11 is 1.33. The van der Waals surface area contributed by atoms with Crippen molar-refractivity contribution in [2.75, 3.05) is 12.9 Å². The number of nitrogens with one attached hydrogen (secondary N) is 2. The van der Waals surface area contributed by atoms with Gasteiger partial charge in [0, 0.05) is 0 Å². The van der Waals surface area contributed by atoms with Crippen LogP contribution in [-0.4, -0.2) is 41.1 Å². The molecule has 8 heteroatoms. The summed E-state index contributed by atoms with van der Waals surface area (Å²) in [7, 11) is 1.58. The number of nitrogens with zero attached hydrogens (tertiary/aromatic N) is 2. The van der Waals surface area contributed by atoms with Gasteiger partial charge in [0.25, 0.3) is 5.91 Å².